The van der Waals surface area contributed by atoms with Gasteiger partial charge in [0.1, 0.15) is 23.8 Å². The molecule has 1 saturated heterocycles. The van der Waals surface area contributed by atoms with Crippen LogP contribution in [0.5, 0.6) is 5.75 Å². The van der Waals surface area contributed by atoms with Gasteiger partial charge in [0.15, 0.2) is 0 Å². The predicted octanol–water partition coefficient (Wildman–Crippen LogP) is 1.74. The second kappa shape index (κ2) is 7.91. The largest absolute Gasteiger partial charge is 0.490 e. The summed E-state index contributed by atoms with van der Waals surface area (Å²) in [5.41, 5.74) is 0.937. The number of hydrogen-bond donors (Lipinski definition) is 1. The van der Waals surface area contributed by atoms with Gasteiger partial charge in [0.2, 0.25) is 0 Å². The number of aliphatic hydroxyl groups is 1. The molecule has 0 radical (unpaired) electrons. The lowest BCUT2D eigenvalue weighted by Crippen LogP contribution is -2.48. The van der Waals surface area contributed by atoms with Crippen molar-refractivity contribution in [2.45, 2.75) is 26.0 Å². The summed E-state index contributed by atoms with van der Waals surface area (Å²) in [4.78, 5) is 10.7. The highest BCUT2D eigenvalue weighted by atomic mass is 16.5. The number of aromatic nitrogens is 2. The van der Waals surface area contributed by atoms with Crippen molar-refractivity contribution in [3.63, 3.8) is 0 Å². The van der Waals surface area contributed by atoms with Gasteiger partial charge >= 0.3 is 0 Å². The van der Waals surface area contributed by atoms with E-state index in [4.69, 9.17) is 9.47 Å². The molecule has 0 spiro atoms. The molecule has 2 aromatic rings. The molecule has 0 saturated carbocycles. The van der Waals surface area contributed by atoms with Crippen LogP contribution in [0, 0.1) is 13.8 Å². The fraction of sp³-hybridized carbons (Fsp3) is 0.474. The van der Waals surface area contributed by atoms with E-state index in [1.807, 2.05) is 44.2 Å². The van der Waals surface area contributed by atoms with E-state index < -0.39 is 5.60 Å². The SMILES string of the molecule is Cc1nccc(CN2CCOCC(O)(COc3ccccc3C)C2)n1. The Labute approximate surface area is 148 Å². The summed E-state index contributed by atoms with van der Waals surface area (Å²) in [5.74, 6) is 1.54. The minimum Gasteiger partial charge on any atom is -0.490 e. The van der Waals surface area contributed by atoms with E-state index in [-0.39, 0.29) is 13.2 Å². The molecule has 1 fully saturated rings. The van der Waals surface area contributed by atoms with Crippen molar-refractivity contribution in [1.82, 2.24) is 14.9 Å². The monoisotopic (exact) mass is 343 g/mol. The summed E-state index contributed by atoms with van der Waals surface area (Å²) in [6.07, 6.45) is 1.76. The van der Waals surface area contributed by atoms with Crippen LogP contribution in [-0.4, -0.2) is 58.5 Å². The van der Waals surface area contributed by atoms with E-state index in [9.17, 15) is 5.11 Å². The van der Waals surface area contributed by atoms with Crippen molar-refractivity contribution in [3.05, 3.63) is 53.6 Å². The minimum atomic E-state index is -1.05. The first-order chi connectivity index (χ1) is 12.0. The van der Waals surface area contributed by atoms with Crippen LogP contribution in [0.4, 0.5) is 0 Å². The van der Waals surface area contributed by atoms with Gasteiger partial charge in [0.05, 0.1) is 18.9 Å². The lowest BCUT2D eigenvalue weighted by atomic mass is 10.1. The molecule has 0 bridgehead atoms. The fourth-order valence-corrected chi connectivity index (χ4v) is 2.97. The summed E-state index contributed by atoms with van der Waals surface area (Å²) in [7, 11) is 0. The molecule has 1 N–H and O–H groups in total. The minimum absolute atomic E-state index is 0.192. The van der Waals surface area contributed by atoms with Gasteiger partial charge in [-0.2, -0.15) is 0 Å². The topological polar surface area (TPSA) is 67.7 Å². The van der Waals surface area contributed by atoms with Gasteiger partial charge in [-0.05, 0) is 31.5 Å². The van der Waals surface area contributed by atoms with Crippen LogP contribution in [0.3, 0.4) is 0 Å². The average molecular weight is 343 g/mol. The molecule has 25 heavy (non-hydrogen) atoms. The number of ether oxygens (including phenoxy) is 2. The van der Waals surface area contributed by atoms with Crippen LogP contribution in [0.2, 0.25) is 0 Å². The number of para-hydroxylation sites is 1. The van der Waals surface area contributed by atoms with Crippen LogP contribution in [0.25, 0.3) is 0 Å². The van der Waals surface area contributed by atoms with Gasteiger partial charge in [0.25, 0.3) is 0 Å². The molecule has 1 aromatic carbocycles. The summed E-state index contributed by atoms with van der Waals surface area (Å²) in [6.45, 7) is 6.78. The Morgan fingerprint density at radius 2 is 2.12 bits per heavy atom. The Kier molecular flexibility index (Phi) is 5.63. The van der Waals surface area contributed by atoms with Crippen molar-refractivity contribution in [2.75, 3.05) is 32.9 Å². The highest BCUT2D eigenvalue weighted by molar-refractivity contribution is 5.31. The molecule has 1 aromatic heterocycles. The molecule has 2 heterocycles. The van der Waals surface area contributed by atoms with Crippen molar-refractivity contribution in [2.24, 2.45) is 0 Å². The van der Waals surface area contributed by atoms with Crippen molar-refractivity contribution >= 4 is 0 Å². The molecular formula is C19H25N3O3. The van der Waals surface area contributed by atoms with Crippen LogP contribution in [0.1, 0.15) is 17.1 Å². The maximum atomic E-state index is 11.0. The normalized spacial score (nSPS) is 21.7. The Morgan fingerprint density at radius 1 is 1.28 bits per heavy atom. The Morgan fingerprint density at radius 3 is 2.92 bits per heavy atom. The summed E-state index contributed by atoms with van der Waals surface area (Å²) < 4.78 is 11.5. The second-order valence-electron chi connectivity index (χ2n) is 6.64. The first kappa shape index (κ1) is 17.8. The summed E-state index contributed by atoms with van der Waals surface area (Å²) in [6, 6.07) is 9.71. The molecule has 1 atom stereocenters. The number of β-amino-alcohol motifs (C(OH)–C–C–N with tert-alkyl or cyclic N) is 1. The van der Waals surface area contributed by atoms with E-state index >= 15 is 0 Å². The van der Waals surface area contributed by atoms with Crippen LogP contribution < -0.4 is 4.74 Å². The smallest absolute Gasteiger partial charge is 0.134 e. The van der Waals surface area contributed by atoms with Gasteiger partial charge in [0, 0.05) is 25.8 Å². The quantitative estimate of drug-likeness (QED) is 0.892. The molecule has 0 amide bonds. The van der Waals surface area contributed by atoms with Gasteiger partial charge < -0.3 is 14.6 Å². The number of benzene rings is 1. The molecule has 3 rings (SSSR count). The molecule has 0 aliphatic carbocycles. The third-order valence-corrected chi connectivity index (χ3v) is 4.25. The third kappa shape index (κ3) is 4.98. The summed E-state index contributed by atoms with van der Waals surface area (Å²) >= 11 is 0. The maximum Gasteiger partial charge on any atom is 0.134 e. The molecule has 1 aliphatic heterocycles. The van der Waals surface area contributed by atoms with Crippen molar-refractivity contribution in [3.8, 4) is 5.75 Å². The number of hydrogen-bond acceptors (Lipinski definition) is 6. The molecule has 1 unspecified atom stereocenters. The van der Waals surface area contributed by atoms with Gasteiger partial charge in [-0.3, -0.25) is 4.90 Å². The van der Waals surface area contributed by atoms with Crippen LogP contribution in [0.15, 0.2) is 36.5 Å². The highest BCUT2D eigenvalue weighted by Crippen LogP contribution is 2.20. The molecule has 6 nitrogen and oxygen atoms in total. The average Bonchev–Trinajstić information content (AvgIpc) is 2.76. The number of rotatable bonds is 5. The van der Waals surface area contributed by atoms with E-state index in [1.54, 1.807) is 6.20 Å². The van der Waals surface area contributed by atoms with Crippen molar-refractivity contribution in [1.29, 1.82) is 0 Å². The van der Waals surface area contributed by atoms with E-state index in [1.165, 1.54) is 0 Å². The van der Waals surface area contributed by atoms with Crippen LogP contribution in [-0.2, 0) is 11.3 Å². The van der Waals surface area contributed by atoms with Gasteiger partial charge in [-0.15, -0.1) is 0 Å². The zero-order chi connectivity index (χ0) is 17.7. The zero-order valence-electron chi connectivity index (χ0n) is 14.8. The molecule has 1 aliphatic rings. The molecule has 6 heteroatoms. The first-order valence-corrected chi connectivity index (χ1v) is 8.54. The second-order valence-corrected chi connectivity index (χ2v) is 6.64. The Hall–Kier alpha value is -2.02. The lowest BCUT2D eigenvalue weighted by molar-refractivity contribution is -0.0648. The summed E-state index contributed by atoms with van der Waals surface area (Å²) in [5, 5.41) is 11.0. The van der Waals surface area contributed by atoms with E-state index in [0.717, 1.165) is 29.4 Å². The standard InChI is InChI=1S/C19H25N3O3/c1-15-5-3-4-6-18(15)25-14-19(23)12-22(9-10-24-13-19)11-17-7-8-20-16(2)21-17/h3-8,23H,9-14H2,1-2H3. The van der Waals surface area contributed by atoms with E-state index in [0.29, 0.717) is 19.7 Å². The van der Waals surface area contributed by atoms with Crippen LogP contribution >= 0.6 is 0 Å². The highest BCUT2D eigenvalue weighted by Gasteiger charge is 2.33. The Balaban J connectivity index is 1.64. The van der Waals surface area contributed by atoms with Crippen molar-refractivity contribution < 1.29 is 14.6 Å². The number of nitrogens with zero attached hydrogens (tertiary/aromatic N) is 3. The third-order valence-electron chi connectivity index (χ3n) is 4.25. The van der Waals surface area contributed by atoms with Gasteiger partial charge in [-0.25, -0.2) is 9.97 Å². The van der Waals surface area contributed by atoms with E-state index in [2.05, 4.69) is 14.9 Å². The predicted molar refractivity (Wildman–Crippen MR) is 94.5 cm³/mol. The number of aryl methyl sites for hydroxylation is 2. The Bertz CT molecular complexity index is 710. The lowest BCUT2D eigenvalue weighted by Gasteiger charge is -2.30. The zero-order valence-corrected chi connectivity index (χ0v) is 14.8. The molecular weight excluding hydrogens is 318 g/mol. The maximum absolute atomic E-state index is 11.0. The van der Waals surface area contributed by atoms with Gasteiger partial charge in [-0.1, -0.05) is 18.2 Å². The molecule has 134 valence electrons. The fourth-order valence-electron chi connectivity index (χ4n) is 2.97. The first-order valence-electron chi connectivity index (χ1n) is 8.54.